The van der Waals surface area contributed by atoms with Crippen LogP contribution in [0.1, 0.15) is 5.69 Å². The molecule has 27 heavy (non-hydrogen) atoms. The Hall–Kier alpha value is -2.57. The summed E-state index contributed by atoms with van der Waals surface area (Å²) in [7, 11) is 4.02. The first-order chi connectivity index (χ1) is 13.1. The first-order valence-corrected chi connectivity index (χ1v) is 10.3. The Morgan fingerprint density at radius 1 is 1.19 bits per heavy atom. The molecule has 1 aromatic carbocycles. The van der Waals surface area contributed by atoms with Crippen LogP contribution in [-0.4, -0.2) is 11.6 Å². The molecule has 3 aromatic rings. The lowest BCUT2D eigenvalue weighted by Gasteiger charge is -2.11. The lowest BCUT2D eigenvalue weighted by molar-refractivity contribution is -0.673. The van der Waals surface area contributed by atoms with E-state index in [1.165, 1.54) is 16.2 Å². The maximum atomic E-state index is 13.2. The predicted molar refractivity (Wildman–Crippen MR) is 113 cm³/mol. The van der Waals surface area contributed by atoms with Crippen LogP contribution >= 0.6 is 23.1 Å². The summed E-state index contributed by atoms with van der Waals surface area (Å²) >= 11 is 3.19. The van der Waals surface area contributed by atoms with E-state index in [2.05, 4.69) is 29.7 Å². The van der Waals surface area contributed by atoms with E-state index in [0.29, 0.717) is 6.54 Å². The van der Waals surface area contributed by atoms with Gasteiger partial charge in [-0.3, -0.25) is 9.36 Å². The van der Waals surface area contributed by atoms with Crippen molar-refractivity contribution in [3.63, 3.8) is 0 Å². The van der Waals surface area contributed by atoms with Gasteiger partial charge in [0.25, 0.3) is 5.56 Å². The highest BCUT2D eigenvalue weighted by Crippen LogP contribution is 2.44. The minimum atomic E-state index is 0.0342. The summed E-state index contributed by atoms with van der Waals surface area (Å²) < 4.78 is 5.53. The number of rotatable bonds is 3. The Morgan fingerprint density at radius 2 is 1.96 bits per heavy atom. The molecule has 4 nitrogen and oxygen atoms in total. The van der Waals surface area contributed by atoms with Crippen molar-refractivity contribution in [3.05, 3.63) is 86.6 Å². The van der Waals surface area contributed by atoms with Crippen LogP contribution in [0.5, 0.6) is 0 Å². The summed E-state index contributed by atoms with van der Waals surface area (Å²) in [6, 6.07) is 14.3. The van der Waals surface area contributed by atoms with Gasteiger partial charge in [-0.25, -0.2) is 4.57 Å². The number of fused-ring (bicyclic) bond motifs is 1. The number of hydrogen-bond donors (Lipinski definition) is 0. The summed E-state index contributed by atoms with van der Waals surface area (Å²) in [5.74, 6) is 0. The van der Waals surface area contributed by atoms with Gasteiger partial charge in [0.1, 0.15) is 21.3 Å². The number of nitrogens with zero attached hydrogens (tertiary/aromatic N) is 3. The van der Waals surface area contributed by atoms with Gasteiger partial charge in [0.05, 0.1) is 5.69 Å². The Balaban J connectivity index is 1.97. The van der Waals surface area contributed by atoms with Crippen molar-refractivity contribution >= 4 is 39.9 Å². The zero-order chi connectivity index (χ0) is 19.0. The smallest absolute Gasteiger partial charge is 0.272 e. The molecule has 1 aliphatic heterocycles. The quantitative estimate of drug-likeness (QED) is 0.503. The lowest BCUT2D eigenvalue weighted by Crippen LogP contribution is -2.35. The van der Waals surface area contributed by atoms with Crippen molar-refractivity contribution in [1.82, 2.24) is 4.57 Å². The van der Waals surface area contributed by atoms with Crippen LogP contribution in [0.3, 0.4) is 0 Å². The van der Waals surface area contributed by atoms with Crippen LogP contribution < -0.4 is 24.2 Å². The summed E-state index contributed by atoms with van der Waals surface area (Å²) in [4.78, 5) is 16.5. The zero-order valence-electron chi connectivity index (χ0n) is 15.3. The highest BCUT2D eigenvalue weighted by atomic mass is 32.2. The van der Waals surface area contributed by atoms with Crippen molar-refractivity contribution in [2.24, 2.45) is 7.05 Å². The third kappa shape index (κ3) is 3.15. The number of para-hydroxylation sites is 1. The summed E-state index contributed by atoms with van der Waals surface area (Å²) in [6.07, 6.45) is 5.83. The van der Waals surface area contributed by atoms with Crippen molar-refractivity contribution in [3.8, 4) is 0 Å². The van der Waals surface area contributed by atoms with E-state index >= 15 is 0 Å². The van der Waals surface area contributed by atoms with Gasteiger partial charge >= 0.3 is 0 Å². The standard InChI is InChI=1S/C21H20N3OS2/c1-4-12-24-18(14-15-9-7-8-13-22(15)2)27-19(20(24)25)21-23(3)16-10-5-6-11-17(16)26-21/h4-11,13-14H,1,12H2,2-3H3/q+1/b21-19+. The molecule has 0 saturated carbocycles. The molecular weight excluding hydrogens is 374 g/mol. The number of aromatic nitrogens is 2. The third-order valence-corrected chi connectivity index (χ3v) is 7.01. The highest BCUT2D eigenvalue weighted by molar-refractivity contribution is 8.08. The Bertz CT molecular complexity index is 1210. The van der Waals surface area contributed by atoms with Crippen LogP contribution in [0.25, 0.3) is 11.1 Å². The fourth-order valence-electron chi connectivity index (χ4n) is 3.08. The van der Waals surface area contributed by atoms with Gasteiger partial charge in [-0.05, 0) is 18.2 Å². The number of anilines is 1. The first kappa shape index (κ1) is 17.8. The molecule has 0 bridgehead atoms. The molecule has 4 rings (SSSR count). The lowest BCUT2D eigenvalue weighted by atomic mass is 10.3. The van der Waals surface area contributed by atoms with E-state index in [1.807, 2.05) is 55.2 Å². The van der Waals surface area contributed by atoms with Gasteiger partial charge in [-0.2, -0.15) is 0 Å². The first-order valence-electron chi connectivity index (χ1n) is 8.62. The maximum absolute atomic E-state index is 13.2. The van der Waals surface area contributed by atoms with Gasteiger partial charge in [-0.1, -0.05) is 30.0 Å². The van der Waals surface area contributed by atoms with E-state index in [0.717, 1.165) is 25.6 Å². The Labute approximate surface area is 166 Å². The van der Waals surface area contributed by atoms with Crippen molar-refractivity contribution in [1.29, 1.82) is 0 Å². The van der Waals surface area contributed by atoms with E-state index in [4.69, 9.17) is 0 Å². The zero-order valence-corrected chi connectivity index (χ0v) is 16.9. The van der Waals surface area contributed by atoms with Crippen molar-refractivity contribution in [2.45, 2.75) is 11.4 Å². The maximum Gasteiger partial charge on any atom is 0.272 e. The molecule has 0 spiro atoms. The molecule has 0 aliphatic carbocycles. The monoisotopic (exact) mass is 394 g/mol. The van der Waals surface area contributed by atoms with Crippen LogP contribution in [0, 0.1) is 0 Å². The minimum Gasteiger partial charge on any atom is -0.337 e. The topological polar surface area (TPSA) is 29.1 Å². The van der Waals surface area contributed by atoms with Gasteiger partial charge in [0.15, 0.2) is 6.20 Å². The Morgan fingerprint density at radius 3 is 2.70 bits per heavy atom. The molecule has 6 heteroatoms. The normalized spacial score (nSPS) is 15.9. The van der Waals surface area contributed by atoms with Crippen LogP contribution in [0.15, 0.2) is 71.0 Å². The largest absolute Gasteiger partial charge is 0.337 e. The summed E-state index contributed by atoms with van der Waals surface area (Å²) in [6.45, 7) is 4.31. The Kier molecular flexibility index (Phi) is 4.76. The van der Waals surface area contributed by atoms with Crippen LogP contribution in [-0.2, 0) is 13.6 Å². The fraction of sp³-hybridized carbons (Fsp3) is 0.143. The van der Waals surface area contributed by atoms with E-state index in [1.54, 1.807) is 22.4 Å². The average molecular weight is 395 g/mol. The van der Waals surface area contributed by atoms with E-state index in [-0.39, 0.29) is 5.56 Å². The number of pyridine rings is 1. The molecule has 0 fully saturated rings. The van der Waals surface area contributed by atoms with E-state index in [9.17, 15) is 4.79 Å². The van der Waals surface area contributed by atoms with E-state index < -0.39 is 0 Å². The number of thioether (sulfide) groups is 1. The van der Waals surface area contributed by atoms with Crippen LogP contribution in [0.2, 0.25) is 0 Å². The van der Waals surface area contributed by atoms with Crippen LogP contribution in [0.4, 0.5) is 5.69 Å². The molecule has 0 N–H and O–H groups in total. The number of hydrogen-bond acceptors (Lipinski definition) is 4. The molecule has 0 radical (unpaired) electrons. The van der Waals surface area contributed by atoms with Gasteiger partial charge in [-0.15, -0.1) is 17.9 Å². The molecule has 0 saturated heterocycles. The molecule has 3 heterocycles. The van der Waals surface area contributed by atoms with Gasteiger partial charge < -0.3 is 4.90 Å². The molecule has 0 unspecified atom stereocenters. The number of benzene rings is 1. The fourth-order valence-corrected chi connectivity index (χ4v) is 5.49. The number of aryl methyl sites for hydroxylation is 1. The molecule has 0 atom stereocenters. The molecule has 136 valence electrons. The second-order valence-corrected chi connectivity index (χ2v) is 8.35. The minimum absolute atomic E-state index is 0.0342. The van der Waals surface area contributed by atoms with Gasteiger partial charge in [0.2, 0.25) is 5.69 Å². The molecule has 1 aliphatic rings. The SMILES string of the molecule is C=CCn1c(=O)/c(=C2\Sc3ccccc3N2C)s/c1=C\c1cccc[n+]1C. The molecule has 0 amide bonds. The highest BCUT2D eigenvalue weighted by Gasteiger charge is 2.24. The second-order valence-electron chi connectivity index (χ2n) is 6.29. The number of allylic oxidation sites excluding steroid dienone is 1. The number of thiazole rings is 1. The predicted octanol–water partition coefficient (Wildman–Crippen LogP) is 2.06. The molecule has 2 aromatic heterocycles. The molecular formula is C21H20N3OS2+. The summed E-state index contributed by atoms with van der Waals surface area (Å²) in [5, 5.41) is 0.987. The third-order valence-electron chi connectivity index (χ3n) is 4.52. The van der Waals surface area contributed by atoms with Crippen molar-refractivity contribution < 1.29 is 4.57 Å². The second kappa shape index (κ2) is 7.21. The summed E-state index contributed by atoms with van der Waals surface area (Å²) in [5.41, 5.74) is 2.22. The average Bonchev–Trinajstić information content (AvgIpc) is 3.16. The van der Waals surface area contributed by atoms with Gasteiger partial charge in [0, 0.05) is 36.7 Å². The van der Waals surface area contributed by atoms with Crippen molar-refractivity contribution in [2.75, 3.05) is 11.9 Å².